The van der Waals surface area contributed by atoms with E-state index in [1.165, 1.54) is 0 Å². The molecule has 15 heavy (non-hydrogen) atoms. The fraction of sp³-hybridized carbons (Fsp3) is 0.417. The maximum atomic E-state index is 11.3. The van der Waals surface area contributed by atoms with Crippen molar-refractivity contribution in [2.75, 3.05) is 7.11 Å². The number of hydrogen-bond acceptors (Lipinski definition) is 3. The molecular weight excluding hydrogens is 208 g/mol. The molecule has 1 rings (SSSR count). The molecule has 0 aliphatic carbocycles. The normalized spacial score (nSPS) is 12.2. The van der Waals surface area contributed by atoms with Gasteiger partial charge < -0.3 is 4.74 Å². The molecule has 0 aliphatic heterocycles. The second kappa shape index (κ2) is 5.81. The number of ketones is 1. The Balaban J connectivity index is 2.82. The molecule has 0 aliphatic rings. The highest BCUT2D eigenvalue weighted by Crippen LogP contribution is 2.33. The summed E-state index contributed by atoms with van der Waals surface area (Å²) in [7, 11) is 1.65. The molecule has 2 nitrogen and oxygen atoms in total. The molecular formula is C12H16O2S. The Kier molecular flexibility index (Phi) is 4.69. The van der Waals surface area contributed by atoms with Gasteiger partial charge in [-0.3, -0.25) is 4.79 Å². The molecule has 0 bridgehead atoms. The van der Waals surface area contributed by atoms with Crippen LogP contribution in [0.1, 0.15) is 20.3 Å². The van der Waals surface area contributed by atoms with Gasteiger partial charge in [0.05, 0.1) is 17.3 Å². The van der Waals surface area contributed by atoms with Crippen molar-refractivity contribution in [1.29, 1.82) is 0 Å². The van der Waals surface area contributed by atoms with Crippen LogP contribution in [0.4, 0.5) is 0 Å². The van der Waals surface area contributed by atoms with Gasteiger partial charge >= 0.3 is 0 Å². The summed E-state index contributed by atoms with van der Waals surface area (Å²) in [6, 6.07) is 7.78. The number of methoxy groups -OCH3 is 1. The number of rotatable bonds is 5. The number of benzene rings is 1. The summed E-state index contributed by atoms with van der Waals surface area (Å²) in [5.41, 5.74) is 0. The Morgan fingerprint density at radius 2 is 2.13 bits per heavy atom. The molecule has 0 fully saturated rings. The Bertz CT molecular complexity index is 336. The van der Waals surface area contributed by atoms with Crippen molar-refractivity contribution in [3.8, 4) is 5.75 Å². The van der Waals surface area contributed by atoms with Gasteiger partial charge in [-0.1, -0.05) is 19.1 Å². The standard InChI is InChI=1S/C12H16O2S/c1-4-11(9(2)13)15-12-8-6-5-7-10(12)14-3/h5-8,11H,4H2,1-3H3. The average molecular weight is 224 g/mol. The van der Waals surface area contributed by atoms with Gasteiger partial charge in [-0.25, -0.2) is 0 Å². The van der Waals surface area contributed by atoms with E-state index in [-0.39, 0.29) is 11.0 Å². The molecule has 1 unspecified atom stereocenters. The van der Waals surface area contributed by atoms with E-state index in [4.69, 9.17) is 4.74 Å². The summed E-state index contributed by atoms with van der Waals surface area (Å²) < 4.78 is 5.24. The molecule has 0 amide bonds. The summed E-state index contributed by atoms with van der Waals surface area (Å²) in [4.78, 5) is 12.3. The minimum atomic E-state index is 0.0290. The number of carbonyl (C=O) groups is 1. The van der Waals surface area contributed by atoms with Crippen LogP contribution in [0.2, 0.25) is 0 Å². The zero-order valence-electron chi connectivity index (χ0n) is 9.32. The second-order valence-electron chi connectivity index (χ2n) is 3.28. The van der Waals surface area contributed by atoms with E-state index in [1.807, 2.05) is 31.2 Å². The van der Waals surface area contributed by atoms with Crippen molar-refractivity contribution in [2.45, 2.75) is 30.4 Å². The quantitative estimate of drug-likeness (QED) is 0.719. The van der Waals surface area contributed by atoms with Gasteiger partial charge in [0.15, 0.2) is 0 Å². The van der Waals surface area contributed by atoms with Crippen LogP contribution in [0.3, 0.4) is 0 Å². The number of thioether (sulfide) groups is 1. The van der Waals surface area contributed by atoms with E-state index < -0.39 is 0 Å². The first-order chi connectivity index (χ1) is 7.19. The highest BCUT2D eigenvalue weighted by molar-refractivity contribution is 8.00. The van der Waals surface area contributed by atoms with Crippen LogP contribution >= 0.6 is 11.8 Å². The lowest BCUT2D eigenvalue weighted by atomic mass is 10.2. The van der Waals surface area contributed by atoms with Crippen molar-refractivity contribution in [1.82, 2.24) is 0 Å². The lowest BCUT2D eigenvalue weighted by Crippen LogP contribution is -2.11. The lowest BCUT2D eigenvalue weighted by molar-refractivity contribution is -0.116. The van der Waals surface area contributed by atoms with Gasteiger partial charge in [0.25, 0.3) is 0 Å². The van der Waals surface area contributed by atoms with Crippen molar-refractivity contribution < 1.29 is 9.53 Å². The van der Waals surface area contributed by atoms with Crippen LogP contribution in [0.15, 0.2) is 29.2 Å². The van der Waals surface area contributed by atoms with Gasteiger partial charge in [-0.15, -0.1) is 11.8 Å². The largest absolute Gasteiger partial charge is 0.496 e. The van der Waals surface area contributed by atoms with E-state index >= 15 is 0 Å². The van der Waals surface area contributed by atoms with E-state index in [0.717, 1.165) is 17.1 Å². The molecule has 0 aromatic heterocycles. The summed E-state index contributed by atoms with van der Waals surface area (Å²) >= 11 is 1.57. The number of para-hydroxylation sites is 1. The van der Waals surface area contributed by atoms with Crippen molar-refractivity contribution in [2.24, 2.45) is 0 Å². The molecule has 0 heterocycles. The third kappa shape index (κ3) is 3.27. The Morgan fingerprint density at radius 3 is 2.67 bits per heavy atom. The van der Waals surface area contributed by atoms with Gasteiger partial charge in [0, 0.05) is 0 Å². The fourth-order valence-corrected chi connectivity index (χ4v) is 2.39. The van der Waals surface area contributed by atoms with Gasteiger partial charge in [0.2, 0.25) is 0 Å². The molecule has 1 aromatic carbocycles. The zero-order chi connectivity index (χ0) is 11.3. The number of ether oxygens (including phenoxy) is 1. The van der Waals surface area contributed by atoms with E-state index in [1.54, 1.807) is 25.8 Å². The summed E-state index contributed by atoms with van der Waals surface area (Å²) in [5.74, 6) is 1.05. The predicted octanol–water partition coefficient (Wildman–Crippen LogP) is 3.15. The second-order valence-corrected chi connectivity index (χ2v) is 4.52. The first-order valence-corrected chi connectivity index (χ1v) is 5.87. The monoisotopic (exact) mass is 224 g/mol. The smallest absolute Gasteiger partial charge is 0.143 e. The highest BCUT2D eigenvalue weighted by Gasteiger charge is 2.15. The minimum absolute atomic E-state index is 0.0290. The van der Waals surface area contributed by atoms with Crippen molar-refractivity contribution >= 4 is 17.5 Å². The minimum Gasteiger partial charge on any atom is -0.496 e. The average Bonchev–Trinajstić information content (AvgIpc) is 2.25. The molecule has 0 N–H and O–H groups in total. The third-order valence-electron chi connectivity index (χ3n) is 2.16. The Labute approximate surface area is 95.0 Å². The van der Waals surface area contributed by atoms with E-state index in [9.17, 15) is 4.79 Å². The molecule has 1 aromatic rings. The molecule has 3 heteroatoms. The topological polar surface area (TPSA) is 26.3 Å². The van der Waals surface area contributed by atoms with Gasteiger partial charge in [-0.05, 0) is 25.5 Å². The van der Waals surface area contributed by atoms with Crippen LogP contribution in [0.25, 0.3) is 0 Å². The summed E-state index contributed by atoms with van der Waals surface area (Å²) in [5, 5.41) is 0.0290. The molecule has 0 saturated heterocycles. The van der Waals surface area contributed by atoms with Gasteiger partial charge in [0.1, 0.15) is 11.5 Å². The summed E-state index contributed by atoms with van der Waals surface area (Å²) in [6.07, 6.45) is 0.845. The first kappa shape index (κ1) is 12.1. The Hall–Kier alpha value is -0.960. The number of carbonyl (C=O) groups excluding carboxylic acids is 1. The van der Waals surface area contributed by atoms with Crippen LogP contribution < -0.4 is 4.74 Å². The lowest BCUT2D eigenvalue weighted by Gasteiger charge is -2.13. The first-order valence-electron chi connectivity index (χ1n) is 4.99. The zero-order valence-corrected chi connectivity index (χ0v) is 10.1. The van der Waals surface area contributed by atoms with Crippen LogP contribution in [0, 0.1) is 0 Å². The molecule has 1 atom stereocenters. The van der Waals surface area contributed by atoms with Crippen LogP contribution in [-0.2, 0) is 4.79 Å². The molecule has 0 radical (unpaired) electrons. The highest BCUT2D eigenvalue weighted by atomic mass is 32.2. The van der Waals surface area contributed by atoms with E-state index in [2.05, 4.69) is 0 Å². The number of Topliss-reactive ketones (excluding diaryl/α,β-unsaturated/α-hetero) is 1. The fourth-order valence-electron chi connectivity index (χ4n) is 1.32. The Morgan fingerprint density at radius 1 is 1.47 bits per heavy atom. The summed E-state index contributed by atoms with van der Waals surface area (Å²) in [6.45, 7) is 3.66. The third-order valence-corrected chi connectivity index (χ3v) is 3.70. The predicted molar refractivity (Wildman–Crippen MR) is 63.6 cm³/mol. The SMILES string of the molecule is CCC(Sc1ccccc1OC)C(C)=O. The molecule has 0 spiro atoms. The van der Waals surface area contributed by atoms with Crippen LogP contribution in [0.5, 0.6) is 5.75 Å². The van der Waals surface area contributed by atoms with E-state index in [0.29, 0.717) is 0 Å². The molecule has 0 saturated carbocycles. The van der Waals surface area contributed by atoms with Crippen molar-refractivity contribution in [3.63, 3.8) is 0 Å². The molecule has 82 valence electrons. The van der Waals surface area contributed by atoms with Crippen LogP contribution in [-0.4, -0.2) is 18.1 Å². The maximum Gasteiger partial charge on any atom is 0.143 e. The number of hydrogen-bond donors (Lipinski definition) is 0. The maximum absolute atomic E-state index is 11.3. The van der Waals surface area contributed by atoms with Gasteiger partial charge in [-0.2, -0.15) is 0 Å². The van der Waals surface area contributed by atoms with Crippen molar-refractivity contribution in [3.05, 3.63) is 24.3 Å².